The van der Waals surface area contributed by atoms with Crippen molar-refractivity contribution in [3.63, 3.8) is 0 Å². The Labute approximate surface area is 102 Å². The Morgan fingerprint density at radius 3 is 2.47 bits per heavy atom. The van der Waals surface area contributed by atoms with Gasteiger partial charge in [0.15, 0.2) is 0 Å². The Morgan fingerprint density at radius 2 is 1.94 bits per heavy atom. The highest BCUT2D eigenvalue weighted by Gasteiger charge is 2.08. The Balaban J connectivity index is 0.00000121. The first-order chi connectivity index (χ1) is 8.15. The van der Waals surface area contributed by atoms with E-state index in [-0.39, 0.29) is 12.3 Å². The molecule has 92 valence electrons. The standard InChI is InChI=1S/C11H12N2O2.C2H6/c1-2-5-10(14)13-9-7-4-3-6-8(9)11(12)15;1-2/h2-4,6-7H,1,5H2,(H2,12,15)(H,13,14);1-2H3. The van der Waals surface area contributed by atoms with Gasteiger partial charge in [0.25, 0.3) is 5.91 Å². The molecule has 0 fully saturated rings. The predicted molar refractivity (Wildman–Crippen MR) is 69.8 cm³/mol. The van der Waals surface area contributed by atoms with Gasteiger partial charge in [0, 0.05) is 6.42 Å². The summed E-state index contributed by atoms with van der Waals surface area (Å²) in [5.41, 5.74) is 5.88. The number of anilines is 1. The lowest BCUT2D eigenvalue weighted by molar-refractivity contribution is -0.115. The molecule has 3 N–H and O–H groups in total. The molecular weight excluding hydrogens is 216 g/mol. The summed E-state index contributed by atoms with van der Waals surface area (Å²) in [6.07, 6.45) is 1.69. The minimum atomic E-state index is -0.565. The number of benzene rings is 1. The third-order valence-electron chi connectivity index (χ3n) is 1.80. The first kappa shape index (κ1) is 14.9. The summed E-state index contributed by atoms with van der Waals surface area (Å²) >= 11 is 0. The Morgan fingerprint density at radius 1 is 1.35 bits per heavy atom. The van der Waals surface area contributed by atoms with Gasteiger partial charge in [-0.25, -0.2) is 0 Å². The van der Waals surface area contributed by atoms with Gasteiger partial charge in [0.2, 0.25) is 5.91 Å². The molecule has 0 aliphatic rings. The van der Waals surface area contributed by atoms with Crippen molar-refractivity contribution in [3.8, 4) is 0 Å². The van der Waals surface area contributed by atoms with Crippen LogP contribution in [0.2, 0.25) is 0 Å². The van der Waals surface area contributed by atoms with Crippen molar-refractivity contribution in [1.82, 2.24) is 0 Å². The van der Waals surface area contributed by atoms with Crippen LogP contribution >= 0.6 is 0 Å². The lowest BCUT2D eigenvalue weighted by Crippen LogP contribution is -2.17. The SMILES string of the molecule is C=CCC(=O)Nc1ccccc1C(N)=O.CC. The highest BCUT2D eigenvalue weighted by Crippen LogP contribution is 2.14. The molecule has 1 aromatic carbocycles. The molecule has 0 unspecified atom stereocenters. The predicted octanol–water partition coefficient (Wildman–Crippen LogP) is 2.33. The molecule has 4 nitrogen and oxygen atoms in total. The topological polar surface area (TPSA) is 72.2 Å². The third kappa shape index (κ3) is 4.97. The minimum absolute atomic E-state index is 0.201. The minimum Gasteiger partial charge on any atom is -0.366 e. The van der Waals surface area contributed by atoms with Crippen LogP contribution < -0.4 is 11.1 Å². The van der Waals surface area contributed by atoms with E-state index in [1.807, 2.05) is 13.8 Å². The van der Waals surface area contributed by atoms with Gasteiger partial charge >= 0.3 is 0 Å². The summed E-state index contributed by atoms with van der Waals surface area (Å²) in [5, 5.41) is 2.58. The van der Waals surface area contributed by atoms with Gasteiger partial charge in [0.05, 0.1) is 11.3 Å². The van der Waals surface area contributed by atoms with Crippen LogP contribution in [0.15, 0.2) is 36.9 Å². The monoisotopic (exact) mass is 234 g/mol. The highest BCUT2D eigenvalue weighted by atomic mass is 16.2. The van der Waals surface area contributed by atoms with Crippen molar-refractivity contribution in [2.24, 2.45) is 5.73 Å². The van der Waals surface area contributed by atoms with Gasteiger partial charge in [-0.2, -0.15) is 0 Å². The molecule has 1 aromatic rings. The summed E-state index contributed by atoms with van der Waals surface area (Å²) in [7, 11) is 0. The molecule has 0 spiro atoms. The lowest BCUT2D eigenvalue weighted by Gasteiger charge is -2.07. The molecule has 0 radical (unpaired) electrons. The number of para-hydroxylation sites is 1. The Kier molecular flexibility index (Phi) is 7.10. The number of nitrogens with two attached hydrogens (primary N) is 1. The summed E-state index contributed by atoms with van der Waals surface area (Å²) in [4.78, 5) is 22.3. The van der Waals surface area contributed by atoms with Crippen LogP contribution in [-0.4, -0.2) is 11.8 Å². The van der Waals surface area contributed by atoms with Crippen LogP contribution in [0, 0.1) is 0 Å². The summed E-state index contributed by atoms with van der Waals surface area (Å²) in [5.74, 6) is -0.789. The van der Waals surface area contributed by atoms with Crippen molar-refractivity contribution in [3.05, 3.63) is 42.5 Å². The number of hydrogen-bond donors (Lipinski definition) is 2. The summed E-state index contributed by atoms with van der Waals surface area (Å²) in [6.45, 7) is 7.45. The van der Waals surface area contributed by atoms with E-state index >= 15 is 0 Å². The molecule has 0 heterocycles. The average Bonchev–Trinajstić information content (AvgIpc) is 2.32. The van der Waals surface area contributed by atoms with Crippen LogP contribution in [0.4, 0.5) is 5.69 Å². The molecule has 0 aromatic heterocycles. The van der Waals surface area contributed by atoms with Gasteiger partial charge in [-0.05, 0) is 12.1 Å². The summed E-state index contributed by atoms with van der Waals surface area (Å²) < 4.78 is 0. The number of amides is 2. The van der Waals surface area contributed by atoms with Crippen LogP contribution in [0.1, 0.15) is 30.6 Å². The van der Waals surface area contributed by atoms with Gasteiger partial charge in [0.1, 0.15) is 0 Å². The maximum absolute atomic E-state index is 11.3. The van der Waals surface area contributed by atoms with E-state index in [0.29, 0.717) is 11.3 Å². The quantitative estimate of drug-likeness (QED) is 0.785. The van der Waals surface area contributed by atoms with Crippen LogP contribution in [0.5, 0.6) is 0 Å². The fourth-order valence-electron chi connectivity index (χ4n) is 1.14. The molecule has 0 aliphatic heterocycles. The normalized spacial score (nSPS) is 8.59. The zero-order chi connectivity index (χ0) is 13.3. The number of nitrogens with one attached hydrogen (secondary N) is 1. The van der Waals surface area contributed by atoms with E-state index in [4.69, 9.17) is 5.73 Å². The molecule has 4 heteroatoms. The molecule has 0 bridgehead atoms. The molecular formula is C13H18N2O2. The second kappa shape index (κ2) is 8.10. The molecule has 17 heavy (non-hydrogen) atoms. The van der Waals surface area contributed by atoms with Crippen LogP contribution in [0.3, 0.4) is 0 Å². The smallest absolute Gasteiger partial charge is 0.250 e. The van der Waals surface area contributed by atoms with E-state index in [1.165, 1.54) is 6.08 Å². The lowest BCUT2D eigenvalue weighted by atomic mass is 10.1. The second-order valence-electron chi connectivity index (χ2n) is 2.95. The molecule has 1 rings (SSSR count). The maximum atomic E-state index is 11.3. The van der Waals surface area contributed by atoms with E-state index in [2.05, 4.69) is 11.9 Å². The number of carbonyl (C=O) groups excluding carboxylic acids is 2. The fourth-order valence-corrected chi connectivity index (χ4v) is 1.14. The Bertz CT molecular complexity index is 400. The molecule has 2 amide bonds. The van der Waals surface area contributed by atoms with Gasteiger partial charge in [-0.1, -0.05) is 32.1 Å². The molecule has 0 saturated heterocycles. The zero-order valence-corrected chi connectivity index (χ0v) is 10.2. The fraction of sp³-hybridized carbons (Fsp3) is 0.231. The van der Waals surface area contributed by atoms with Crippen molar-refractivity contribution in [2.45, 2.75) is 20.3 Å². The first-order valence-electron chi connectivity index (χ1n) is 5.44. The Hall–Kier alpha value is -2.10. The van der Waals surface area contributed by atoms with Gasteiger partial charge < -0.3 is 11.1 Å². The number of rotatable bonds is 4. The first-order valence-corrected chi connectivity index (χ1v) is 5.44. The number of primary amides is 1. The van der Waals surface area contributed by atoms with Crippen molar-refractivity contribution in [1.29, 1.82) is 0 Å². The average molecular weight is 234 g/mol. The summed E-state index contributed by atoms with van der Waals surface area (Å²) in [6, 6.07) is 6.59. The second-order valence-corrected chi connectivity index (χ2v) is 2.95. The number of carbonyl (C=O) groups is 2. The van der Waals surface area contributed by atoms with Gasteiger partial charge in [-0.15, -0.1) is 6.58 Å². The van der Waals surface area contributed by atoms with Crippen molar-refractivity contribution in [2.75, 3.05) is 5.32 Å². The molecule has 0 atom stereocenters. The van der Waals surface area contributed by atoms with Crippen LogP contribution in [0.25, 0.3) is 0 Å². The highest BCUT2D eigenvalue weighted by molar-refractivity contribution is 6.03. The van der Waals surface area contributed by atoms with E-state index in [1.54, 1.807) is 24.3 Å². The maximum Gasteiger partial charge on any atom is 0.250 e. The number of hydrogen-bond acceptors (Lipinski definition) is 2. The van der Waals surface area contributed by atoms with Crippen molar-refractivity contribution >= 4 is 17.5 Å². The zero-order valence-electron chi connectivity index (χ0n) is 10.2. The van der Waals surface area contributed by atoms with E-state index < -0.39 is 5.91 Å². The molecule has 0 aliphatic carbocycles. The largest absolute Gasteiger partial charge is 0.366 e. The van der Waals surface area contributed by atoms with E-state index in [9.17, 15) is 9.59 Å². The third-order valence-corrected chi connectivity index (χ3v) is 1.80. The van der Waals surface area contributed by atoms with Crippen molar-refractivity contribution < 1.29 is 9.59 Å². The van der Waals surface area contributed by atoms with E-state index in [0.717, 1.165) is 0 Å². The van der Waals surface area contributed by atoms with Gasteiger partial charge in [-0.3, -0.25) is 9.59 Å². The molecule has 0 saturated carbocycles. The van der Waals surface area contributed by atoms with Crippen LogP contribution in [-0.2, 0) is 4.79 Å².